The lowest BCUT2D eigenvalue weighted by atomic mass is 9.88. The Morgan fingerprint density at radius 2 is 2.00 bits per heavy atom. The zero-order chi connectivity index (χ0) is 30.4. The summed E-state index contributed by atoms with van der Waals surface area (Å²) in [6, 6.07) is 11.1. The van der Waals surface area contributed by atoms with Crippen LogP contribution in [0.5, 0.6) is 17.2 Å². The molecule has 1 fully saturated rings. The van der Waals surface area contributed by atoms with Gasteiger partial charge in [-0.15, -0.1) is 11.3 Å². The highest BCUT2D eigenvalue weighted by Gasteiger charge is 2.42. The standard InChI is InChI=1S/C31H29ClN6O5S/c1-31(25-7-6-19(32)13-34-25)42-23-5-3-4-21(28(23)43-31)18-8-10-37(11-9-18)16-26-36-27-24(41-2)12-22(30(39)40)35-29(27)38(26)15-20-14-33-17-44-20/h3-7,12-14,17-18H,8-11,15-16H2,1-2H3,(H,39,40)/t31-/m0/s1. The highest BCUT2D eigenvalue weighted by Crippen LogP contribution is 2.49. The monoisotopic (exact) mass is 632 g/mol. The van der Waals surface area contributed by atoms with Crippen LogP contribution < -0.4 is 14.2 Å². The van der Waals surface area contributed by atoms with Crippen molar-refractivity contribution in [2.75, 3.05) is 20.2 Å². The smallest absolute Gasteiger partial charge is 0.354 e. The number of methoxy groups -OCH3 is 1. The van der Waals surface area contributed by atoms with Gasteiger partial charge in [-0.2, -0.15) is 0 Å². The predicted octanol–water partition coefficient (Wildman–Crippen LogP) is 5.72. The Morgan fingerprint density at radius 3 is 2.70 bits per heavy atom. The first-order chi connectivity index (χ1) is 21.3. The van der Waals surface area contributed by atoms with Gasteiger partial charge in [0.05, 0.1) is 30.7 Å². The normalized spacial score (nSPS) is 18.6. The molecule has 0 aliphatic carbocycles. The Kier molecular flexibility index (Phi) is 7.35. The van der Waals surface area contributed by atoms with Crippen molar-refractivity contribution >= 4 is 40.1 Å². The maximum absolute atomic E-state index is 11.8. The van der Waals surface area contributed by atoms with Gasteiger partial charge >= 0.3 is 5.97 Å². The number of rotatable bonds is 8. The molecule has 226 valence electrons. The number of piperidine rings is 1. The number of hydrogen-bond acceptors (Lipinski definition) is 10. The molecule has 0 radical (unpaired) electrons. The molecular formula is C31H29ClN6O5S. The van der Waals surface area contributed by atoms with Crippen LogP contribution in [0, 0.1) is 0 Å². The van der Waals surface area contributed by atoms with E-state index in [1.54, 1.807) is 17.8 Å². The number of likely N-dealkylation sites (tertiary alicyclic amines) is 1. The van der Waals surface area contributed by atoms with E-state index in [-0.39, 0.29) is 5.69 Å². The Hall–Kier alpha value is -4.26. The lowest BCUT2D eigenvalue weighted by Crippen LogP contribution is -2.34. The number of benzene rings is 1. The van der Waals surface area contributed by atoms with Gasteiger partial charge in [-0.3, -0.25) is 14.9 Å². The number of imidazole rings is 1. The summed E-state index contributed by atoms with van der Waals surface area (Å²) in [5.74, 6) is 0.801. The Bertz CT molecular complexity index is 1840. The summed E-state index contributed by atoms with van der Waals surface area (Å²) in [6.45, 7) is 4.64. The van der Waals surface area contributed by atoms with E-state index in [1.165, 1.54) is 24.5 Å². The zero-order valence-electron chi connectivity index (χ0n) is 24.1. The number of para-hydroxylation sites is 1. The van der Waals surface area contributed by atoms with Crippen LogP contribution in [0.3, 0.4) is 0 Å². The van der Waals surface area contributed by atoms with Crippen molar-refractivity contribution in [1.82, 2.24) is 29.4 Å². The highest BCUT2D eigenvalue weighted by atomic mass is 35.5. The zero-order valence-corrected chi connectivity index (χ0v) is 25.6. The van der Waals surface area contributed by atoms with Crippen LogP contribution in [0.1, 0.15) is 58.1 Å². The molecule has 2 aliphatic heterocycles. The number of fused-ring (bicyclic) bond motifs is 2. The first-order valence-corrected chi connectivity index (χ1v) is 15.5. The van der Waals surface area contributed by atoms with Crippen LogP contribution in [0.4, 0.5) is 0 Å². The topological polar surface area (TPSA) is 125 Å². The van der Waals surface area contributed by atoms with Crippen molar-refractivity contribution in [1.29, 1.82) is 0 Å². The van der Waals surface area contributed by atoms with E-state index in [9.17, 15) is 9.90 Å². The number of carboxylic acids is 1. The molecule has 44 heavy (non-hydrogen) atoms. The van der Waals surface area contributed by atoms with Crippen molar-refractivity contribution in [3.63, 3.8) is 0 Å². The lowest BCUT2D eigenvalue weighted by Gasteiger charge is -2.32. The Balaban J connectivity index is 1.11. The molecule has 0 amide bonds. The minimum atomic E-state index is -1.12. The molecule has 2 aliphatic rings. The summed E-state index contributed by atoms with van der Waals surface area (Å²) >= 11 is 7.58. The summed E-state index contributed by atoms with van der Waals surface area (Å²) in [4.78, 5) is 33.2. The number of pyridine rings is 2. The van der Waals surface area contributed by atoms with E-state index in [4.69, 9.17) is 30.8 Å². The highest BCUT2D eigenvalue weighted by molar-refractivity contribution is 7.09. The Labute approximate surface area is 262 Å². The summed E-state index contributed by atoms with van der Waals surface area (Å²) in [7, 11) is 1.51. The van der Waals surface area contributed by atoms with Gasteiger partial charge in [0.15, 0.2) is 28.6 Å². The van der Waals surface area contributed by atoms with Crippen LogP contribution in [-0.4, -0.2) is 60.7 Å². The van der Waals surface area contributed by atoms with E-state index in [0.717, 1.165) is 47.9 Å². The molecule has 11 nitrogen and oxygen atoms in total. The third-order valence-corrected chi connectivity index (χ3v) is 9.17. The third kappa shape index (κ3) is 5.23. The molecule has 1 atom stereocenters. The number of hydrogen-bond donors (Lipinski definition) is 1. The minimum absolute atomic E-state index is 0.0864. The van der Waals surface area contributed by atoms with Crippen LogP contribution >= 0.6 is 22.9 Å². The number of ether oxygens (including phenoxy) is 3. The van der Waals surface area contributed by atoms with Crippen LogP contribution in [0.15, 0.2) is 54.3 Å². The predicted molar refractivity (Wildman–Crippen MR) is 164 cm³/mol. The average molecular weight is 633 g/mol. The fourth-order valence-corrected chi connectivity index (χ4v) is 6.65. The fourth-order valence-electron chi connectivity index (χ4n) is 5.96. The third-order valence-electron chi connectivity index (χ3n) is 8.18. The lowest BCUT2D eigenvalue weighted by molar-refractivity contribution is -0.0722. The van der Waals surface area contributed by atoms with Crippen molar-refractivity contribution in [3.05, 3.63) is 87.0 Å². The molecule has 1 N–H and O–H groups in total. The second kappa shape index (κ2) is 11.3. The van der Waals surface area contributed by atoms with Gasteiger partial charge in [-0.25, -0.2) is 14.8 Å². The summed E-state index contributed by atoms with van der Waals surface area (Å²) in [6.07, 6.45) is 5.25. The molecule has 0 unspecified atom stereocenters. The van der Waals surface area contributed by atoms with E-state index in [0.29, 0.717) is 52.4 Å². The molecular weight excluding hydrogens is 604 g/mol. The number of aromatic nitrogens is 5. The molecule has 5 aromatic rings. The second-order valence-electron chi connectivity index (χ2n) is 11.0. The first kappa shape index (κ1) is 28.5. The van der Waals surface area contributed by atoms with Gasteiger partial charge in [0.1, 0.15) is 17.0 Å². The van der Waals surface area contributed by atoms with Crippen molar-refractivity contribution in [3.8, 4) is 17.2 Å². The largest absolute Gasteiger partial charge is 0.494 e. The van der Waals surface area contributed by atoms with Gasteiger partial charge in [-0.1, -0.05) is 23.7 Å². The van der Waals surface area contributed by atoms with E-state index >= 15 is 0 Å². The average Bonchev–Trinajstić information content (AvgIpc) is 3.75. The number of thiazole rings is 1. The number of nitrogens with zero attached hydrogens (tertiary/aromatic N) is 6. The quantitative estimate of drug-likeness (QED) is 0.227. The van der Waals surface area contributed by atoms with Gasteiger partial charge in [0, 0.05) is 35.8 Å². The van der Waals surface area contributed by atoms with E-state index in [2.05, 4.69) is 25.9 Å². The van der Waals surface area contributed by atoms with Gasteiger partial charge in [0.25, 0.3) is 5.79 Å². The molecule has 13 heteroatoms. The molecule has 7 rings (SSSR count). The first-order valence-electron chi connectivity index (χ1n) is 14.2. The fraction of sp³-hybridized carbons (Fsp3) is 0.323. The van der Waals surface area contributed by atoms with Crippen molar-refractivity contribution in [2.24, 2.45) is 0 Å². The second-order valence-corrected chi connectivity index (χ2v) is 12.4. The van der Waals surface area contributed by atoms with Crippen LogP contribution in [0.25, 0.3) is 11.2 Å². The number of carbonyl (C=O) groups is 1. The van der Waals surface area contributed by atoms with Crippen LogP contribution in [0.2, 0.25) is 5.02 Å². The van der Waals surface area contributed by atoms with Crippen molar-refractivity contribution < 1.29 is 24.1 Å². The SMILES string of the molecule is COc1cc(C(=O)O)nc2c1nc(CN1CCC(c3cccc4c3O[C@@](C)(c3ccc(Cl)cn3)O4)CC1)n2Cc1cncs1. The number of carboxylic acid groups (broad SMARTS) is 1. The van der Waals surface area contributed by atoms with Gasteiger partial charge in [0.2, 0.25) is 0 Å². The molecule has 1 saturated heterocycles. The van der Waals surface area contributed by atoms with E-state index < -0.39 is 11.8 Å². The van der Waals surface area contributed by atoms with E-state index in [1.807, 2.05) is 35.9 Å². The number of halogens is 1. The number of aromatic carboxylic acids is 1. The molecule has 0 bridgehead atoms. The summed E-state index contributed by atoms with van der Waals surface area (Å²) in [5, 5.41) is 10.2. The molecule has 1 aromatic carbocycles. The van der Waals surface area contributed by atoms with Gasteiger partial charge in [-0.05, 0) is 50.0 Å². The summed E-state index contributed by atoms with van der Waals surface area (Å²) in [5.41, 5.74) is 4.50. The minimum Gasteiger partial charge on any atom is -0.494 e. The Morgan fingerprint density at radius 1 is 1.16 bits per heavy atom. The van der Waals surface area contributed by atoms with Crippen LogP contribution in [-0.2, 0) is 18.9 Å². The molecule has 6 heterocycles. The molecule has 0 spiro atoms. The molecule has 0 saturated carbocycles. The maximum atomic E-state index is 11.8. The summed E-state index contributed by atoms with van der Waals surface area (Å²) < 4.78 is 20.2. The maximum Gasteiger partial charge on any atom is 0.354 e. The molecule has 4 aromatic heterocycles. The van der Waals surface area contributed by atoms with Crippen molar-refractivity contribution in [2.45, 2.75) is 44.6 Å². The van der Waals surface area contributed by atoms with Gasteiger partial charge < -0.3 is 23.9 Å².